The number of carboxylic acid groups (broad SMARTS) is 1. The number of thiocarbonyl (C=S) groups is 1. The van der Waals surface area contributed by atoms with E-state index < -0.39 is 12.0 Å². The SMILES string of the molecule is CC(C)[C@H](N)C(=O)O.NNC(N)=S. The van der Waals surface area contributed by atoms with Crippen molar-refractivity contribution >= 4 is 23.3 Å². The fourth-order valence-electron chi connectivity index (χ4n) is 0.285. The molecule has 0 rings (SSSR count). The van der Waals surface area contributed by atoms with Crippen molar-refractivity contribution < 1.29 is 9.90 Å². The molecule has 0 fully saturated rings. The molecule has 0 spiro atoms. The molecule has 1 atom stereocenters. The number of nitrogens with two attached hydrogens (primary N) is 3. The van der Waals surface area contributed by atoms with Gasteiger partial charge in [-0.1, -0.05) is 13.8 Å². The largest absolute Gasteiger partial charge is 0.480 e. The summed E-state index contributed by atoms with van der Waals surface area (Å²) in [5.41, 5.74) is 12.0. The van der Waals surface area contributed by atoms with E-state index in [2.05, 4.69) is 18.1 Å². The molecular formula is C6H16N4O2S. The second kappa shape index (κ2) is 7.71. The van der Waals surface area contributed by atoms with E-state index in [1.165, 1.54) is 0 Å². The Bertz CT molecular complexity index is 174. The number of nitrogens with one attached hydrogen (secondary N) is 1. The molecule has 7 heteroatoms. The van der Waals surface area contributed by atoms with E-state index in [1.807, 2.05) is 5.43 Å². The third kappa shape index (κ3) is 11.1. The molecule has 0 aliphatic heterocycles. The van der Waals surface area contributed by atoms with Crippen molar-refractivity contribution in [1.82, 2.24) is 5.43 Å². The van der Waals surface area contributed by atoms with Crippen molar-refractivity contribution in [3.8, 4) is 0 Å². The van der Waals surface area contributed by atoms with Gasteiger partial charge in [-0.05, 0) is 18.1 Å². The second-order valence-corrected chi connectivity index (χ2v) is 3.06. The first-order valence-corrected chi connectivity index (χ1v) is 3.98. The van der Waals surface area contributed by atoms with Crippen LogP contribution in [0, 0.1) is 5.92 Å². The van der Waals surface area contributed by atoms with Crippen molar-refractivity contribution in [3.63, 3.8) is 0 Å². The Labute approximate surface area is 82.4 Å². The molecule has 0 bridgehead atoms. The molecule has 0 saturated heterocycles. The van der Waals surface area contributed by atoms with Gasteiger partial charge in [0.2, 0.25) is 0 Å². The van der Waals surface area contributed by atoms with Gasteiger partial charge in [0.1, 0.15) is 6.04 Å². The van der Waals surface area contributed by atoms with Gasteiger partial charge in [0, 0.05) is 0 Å². The maximum atomic E-state index is 10.0. The first-order chi connectivity index (χ1) is 5.82. The van der Waals surface area contributed by atoms with Crippen LogP contribution < -0.4 is 22.7 Å². The first kappa shape index (κ1) is 14.6. The number of aliphatic carboxylic acids is 1. The molecule has 0 aliphatic rings. The molecule has 0 radical (unpaired) electrons. The Morgan fingerprint density at radius 3 is 1.85 bits per heavy atom. The highest BCUT2D eigenvalue weighted by Gasteiger charge is 2.14. The maximum Gasteiger partial charge on any atom is 0.320 e. The van der Waals surface area contributed by atoms with Crippen LogP contribution in [0.15, 0.2) is 0 Å². The average Bonchev–Trinajstić information content (AvgIpc) is 2.03. The minimum Gasteiger partial charge on any atom is -0.480 e. The molecule has 0 aliphatic carbocycles. The van der Waals surface area contributed by atoms with E-state index in [0.29, 0.717) is 0 Å². The molecule has 0 heterocycles. The van der Waals surface area contributed by atoms with Crippen molar-refractivity contribution in [2.24, 2.45) is 23.2 Å². The van der Waals surface area contributed by atoms with Crippen LogP contribution in [0.25, 0.3) is 0 Å². The summed E-state index contributed by atoms with van der Waals surface area (Å²) >= 11 is 4.24. The third-order valence-corrected chi connectivity index (χ3v) is 1.26. The number of hydrogen-bond donors (Lipinski definition) is 5. The molecule has 0 aromatic rings. The normalized spacial score (nSPS) is 11.2. The van der Waals surface area contributed by atoms with Gasteiger partial charge in [-0.25, -0.2) is 5.84 Å². The molecule has 0 aromatic carbocycles. The smallest absolute Gasteiger partial charge is 0.320 e. The molecule has 13 heavy (non-hydrogen) atoms. The maximum absolute atomic E-state index is 10.0. The van der Waals surface area contributed by atoms with Crippen LogP contribution in [0.2, 0.25) is 0 Å². The van der Waals surface area contributed by atoms with Gasteiger partial charge in [-0.3, -0.25) is 4.79 Å². The number of carboxylic acids is 1. The summed E-state index contributed by atoms with van der Waals surface area (Å²) in [6.07, 6.45) is 0. The summed E-state index contributed by atoms with van der Waals surface area (Å²) in [5, 5.41) is 8.34. The Morgan fingerprint density at radius 2 is 1.85 bits per heavy atom. The van der Waals surface area contributed by atoms with Crippen molar-refractivity contribution in [3.05, 3.63) is 0 Å². The molecule has 8 N–H and O–H groups in total. The Hall–Kier alpha value is -0.920. The summed E-state index contributed by atoms with van der Waals surface area (Å²) < 4.78 is 0. The van der Waals surface area contributed by atoms with E-state index in [1.54, 1.807) is 13.8 Å². The van der Waals surface area contributed by atoms with Gasteiger partial charge in [0.15, 0.2) is 5.11 Å². The first-order valence-electron chi connectivity index (χ1n) is 3.57. The summed E-state index contributed by atoms with van der Waals surface area (Å²) in [5.74, 6) is 3.75. The summed E-state index contributed by atoms with van der Waals surface area (Å²) in [6, 6.07) is -0.713. The highest BCUT2D eigenvalue weighted by molar-refractivity contribution is 7.80. The summed E-state index contributed by atoms with van der Waals surface area (Å²) in [7, 11) is 0. The Morgan fingerprint density at radius 1 is 1.54 bits per heavy atom. The van der Waals surface area contributed by atoms with Crippen molar-refractivity contribution in [2.75, 3.05) is 0 Å². The lowest BCUT2D eigenvalue weighted by atomic mass is 10.1. The van der Waals surface area contributed by atoms with E-state index in [-0.39, 0.29) is 11.0 Å². The number of rotatable bonds is 2. The average molecular weight is 208 g/mol. The lowest BCUT2D eigenvalue weighted by molar-refractivity contribution is -0.139. The number of carbonyl (C=O) groups is 1. The Kier molecular flexibility index (Phi) is 8.66. The molecule has 0 amide bonds. The fourth-order valence-corrected chi connectivity index (χ4v) is 0.285. The van der Waals surface area contributed by atoms with E-state index in [9.17, 15) is 4.79 Å². The zero-order chi connectivity index (χ0) is 11.0. The third-order valence-electron chi connectivity index (χ3n) is 1.15. The van der Waals surface area contributed by atoms with Gasteiger partial charge < -0.3 is 22.0 Å². The van der Waals surface area contributed by atoms with Crippen molar-refractivity contribution in [1.29, 1.82) is 0 Å². The van der Waals surface area contributed by atoms with E-state index in [0.717, 1.165) is 0 Å². The monoisotopic (exact) mass is 208 g/mol. The van der Waals surface area contributed by atoms with Crippen LogP contribution in [-0.4, -0.2) is 22.2 Å². The van der Waals surface area contributed by atoms with Gasteiger partial charge in [-0.2, -0.15) is 0 Å². The van der Waals surface area contributed by atoms with Crippen LogP contribution in [0.3, 0.4) is 0 Å². The Balaban J connectivity index is 0. The lowest BCUT2D eigenvalue weighted by Crippen LogP contribution is -2.34. The van der Waals surface area contributed by atoms with E-state index in [4.69, 9.17) is 16.6 Å². The predicted molar refractivity (Wildman–Crippen MR) is 54.6 cm³/mol. The van der Waals surface area contributed by atoms with Gasteiger partial charge in [0.25, 0.3) is 0 Å². The predicted octanol–water partition coefficient (Wildman–Crippen LogP) is -1.25. The van der Waals surface area contributed by atoms with Crippen LogP contribution in [-0.2, 0) is 4.79 Å². The zero-order valence-corrected chi connectivity index (χ0v) is 8.47. The molecule has 0 saturated carbocycles. The topological polar surface area (TPSA) is 127 Å². The highest BCUT2D eigenvalue weighted by Crippen LogP contribution is 1.96. The van der Waals surface area contributed by atoms with Crippen LogP contribution in [0.5, 0.6) is 0 Å². The molecule has 0 aromatic heterocycles. The number of hydrazine groups is 1. The van der Waals surface area contributed by atoms with Gasteiger partial charge in [-0.15, -0.1) is 0 Å². The zero-order valence-electron chi connectivity index (χ0n) is 7.65. The van der Waals surface area contributed by atoms with Gasteiger partial charge in [0.05, 0.1) is 0 Å². The molecule has 6 nitrogen and oxygen atoms in total. The molecular weight excluding hydrogens is 192 g/mol. The number of hydrogen-bond acceptors (Lipinski definition) is 4. The van der Waals surface area contributed by atoms with Crippen LogP contribution in [0.1, 0.15) is 13.8 Å². The molecule has 0 unspecified atom stereocenters. The fraction of sp³-hybridized carbons (Fsp3) is 0.667. The minimum atomic E-state index is -0.931. The highest BCUT2D eigenvalue weighted by atomic mass is 32.1. The summed E-state index contributed by atoms with van der Waals surface area (Å²) in [4.78, 5) is 10.0. The van der Waals surface area contributed by atoms with Crippen molar-refractivity contribution in [2.45, 2.75) is 19.9 Å². The lowest BCUT2D eigenvalue weighted by Gasteiger charge is -2.07. The minimum absolute atomic E-state index is 0.0208. The van der Waals surface area contributed by atoms with Crippen LogP contribution >= 0.6 is 12.2 Å². The van der Waals surface area contributed by atoms with Gasteiger partial charge >= 0.3 is 5.97 Å². The molecule has 78 valence electrons. The summed E-state index contributed by atoms with van der Waals surface area (Å²) in [6.45, 7) is 3.55. The quantitative estimate of drug-likeness (QED) is 0.218. The second-order valence-electron chi connectivity index (χ2n) is 2.62. The van der Waals surface area contributed by atoms with Crippen LogP contribution in [0.4, 0.5) is 0 Å². The van der Waals surface area contributed by atoms with E-state index >= 15 is 0 Å². The standard InChI is InChI=1S/C5H11NO2.CH5N3S/c1-3(2)4(6)5(7)8;2-1(5)4-3/h3-4H,6H2,1-2H3,(H,7,8);3H2,(H3,2,4,5)/t4-;/m0./s1.